The van der Waals surface area contributed by atoms with Crippen LogP contribution in [-0.4, -0.2) is 39.6 Å². The number of aromatic nitrogens is 2. The molecule has 0 aliphatic carbocycles. The number of aliphatic imine (C=N–C) groups is 1. The van der Waals surface area contributed by atoms with Gasteiger partial charge < -0.3 is 9.84 Å². The number of hydrogen-bond acceptors (Lipinski definition) is 8. The van der Waals surface area contributed by atoms with E-state index in [-0.39, 0.29) is 28.5 Å². The molecule has 0 atom stereocenters. The zero-order valence-corrected chi connectivity index (χ0v) is 14.4. The quantitative estimate of drug-likeness (QED) is 0.414. The molecule has 0 aliphatic rings. The Hall–Kier alpha value is -3.01. The average Bonchev–Trinajstić information content (AvgIpc) is 2.83. The van der Waals surface area contributed by atoms with E-state index in [1.807, 2.05) is 9.97 Å². The largest absolute Gasteiger partial charge is 0.494 e. The number of carbonyl (C=O) groups is 2. The van der Waals surface area contributed by atoms with Crippen LogP contribution in [0.15, 0.2) is 14.6 Å². The lowest BCUT2D eigenvalue weighted by molar-refractivity contribution is 0.0527. The van der Waals surface area contributed by atoms with Crippen molar-refractivity contribution < 1.29 is 19.4 Å². The van der Waals surface area contributed by atoms with Crippen LogP contribution >= 0.6 is 11.3 Å². The van der Waals surface area contributed by atoms with E-state index in [0.29, 0.717) is 10.4 Å². The molecule has 0 saturated heterocycles. The summed E-state index contributed by atoms with van der Waals surface area (Å²) < 4.78 is 4.98. The Morgan fingerprint density at radius 2 is 2.00 bits per heavy atom. The summed E-state index contributed by atoms with van der Waals surface area (Å²) in [4.78, 5) is 55.0. The van der Waals surface area contributed by atoms with Crippen LogP contribution in [0.1, 0.15) is 45.0 Å². The highest BCUT2D eigenvalue weighted by atomic mass is 32.1. The van der Waals surface area contributed by atoms with Gasteiger partial charge in [-0.2, -0.15) is 0 Å². The Labute approximate surface area is 145 Å². The van der Waals surface area contributed by atoms with Crippen molar-refractivity contribution in [3.63, 3.8) is 0 Å². The number of Topliss-reactive ketones (excluding diaryl/α,β-unsaturated/α-hetero) is 1. The molecule has 132 valence electrons. The summed E-state index contributed by atoms with van der Waals surface area (Å²) in [5.74, 6) is -1.54. The summed E-state index contributed by atoms with van der Waals surface area (Å²) in [5, 5.41) is 9.81. The maximum atomic E-state index is 12.1. The molecule has 10 heteroatoms. The Balaban J connectivity index is 2.58. The first-order valence-electron chi connectivity index (χ1n) is 7.17. The second-order valence-electron chi connectivity index (χ2n) is 4.94. The van der Waals surface area contributed by atoms with Gasteiger partial charge in [0.2, 0.25) is 5.88 Å². The van der Waals surface area contributed by atoms with E-state index < -0.39 is 23.1 Å². The standard InChI is InChI=1S/C15H15N3O6S/c1-4-24-14(22)9-6(2)10(7(3)19)25-13(9)16-5-8-11(20)17-15(23)18-12(8)21/h5H,4H2,1-3H3,(H3,17,18,20,21,23)/b16-5+. The van der Waals surface area contributed by atoms with E-state index in [4.69, 9.17) is 4.74 Å². The van der Waals surface area contributed by atoms with Gasteiger partial charge in [-0.3, -0.25) is 19.6 Å². The highest BCUT2D eigenvalue weighted by Gasteiger charge is 2.23. The van der Waals surface area contributed by atoms with Crippen LogP contribution in [0.5, 0.6) is 5.88 Å². The van der Waals surface area contributed by atoms with Gasteiger partial charge in [0.25, 0.3) is 5.56 Å². The SMILES string of the molecule is CCOC(=O)c1c(/N=C/c2c(O)[nH]c(=O)[nH]c2=O)sc(C(C)=O)c1C. The average molecular weight is 365 g/mol. The van der Waals surface area contributed by atoms with Crippen molar-refractivity contribution in [1.29, 1.82) is 0 Å². The number of carbonyl (C=O) groups excluding carboxylic acids is 2. The molecule has 0 amide bonds. The molecule has 2 aromatic rings. The Bertz CT molecular complexity index is 982. The molecule has 0 unspecified atom stereocenters. The summed E-state index contributed by atoms with van der Waals surface area (Å²) in [5.41, 5.74) is -1.44. The van der Waals surface area contributed by atoms with Gasteiger partial charge in [0.05, 0.1) is 17.0 Å². The molecule has 9 nitrogen and oxygen atoms in total. The molecule has 2 aromatic heterocycles. The van der Waals surface area contributed by atoms with Crippen molar-refractivity contribution in [3.8, 4) is 5.88 Å². The lowest BCUT2D eigenvalue weighted by atomic mass is 10.1. The molecular weight excluding hydrogens is 350 g/mol. The first-order chi connectivity index (χ1) is 11.8. The third-order valence-corrected chi connectivity index (χ3v) is 4.50. The molecule has 0 fully saturated rings. The van der Waals surface area contributed by atoms with Crippen LogP contribution in [0.25, 0.3) is 0 Å². The summed E-state index contributed by atoms with van der Waals surface area (Å²) >= 11 is 0.968. The normalized spacial score (nSPS) is 11.0. The first-order valence-corrected chi connectivity index (χ1v) is 7.99. The minimum Gasteiger partial charge on any atom is -0.494 e. The van der Waals surface area contributed by atoms with Gasteiger partial charge in [0, 0.05) is 6.21 Å². The molecule has 0 aliphatic heterocycles. The number of ketones is 1. The third kappa shape index (κ3) is 3.74. The van der Waals surface area contributed by atoms with E-state index in [0.717, 1.165) is 17.6 Å². The van der Waals surface area contributed by atoms with Crippen LogP contribution in [0.3, 0.4) is 0 Å². The minimum atomic E-state index is -0.863. The Kier molecular flexibility index (Phi) is 5.32. The van der Waals surface area contributed by atoms with Crippen molar-refractivity contribution >= 4 is 34.3 Å². The van der Waals surface area contributed by atoms with Crippen LogP contribution in [0, 0.1) is 6.92 Å². The topological polar surface area (TPSA) is 142 Å². The van der Waals surface area contributed by atoms with Gasteiger partial charge in [0.15, 0.2) is 5.78 Å². The Morgan fingerprint density at radius 1 is 1.32 bits per heavy atom. The smallest absolute Gasteiger partial charge is 0.341 e. The summed E-state index contributed by atoms with van der Waals surface area (Å²) in [6.07, 6.45) is 1.00. The van der Waals surface area contributed by atoms with E-state index in [1.54, 1.807) is 13.8 Å². The molecular formula is C15H15N3O6S. The van der Waals surface area contributed by atoms with Crippen LogP contribution < -0.4 is 11.2 Å². The summed E-state index contributed by atoms with van der Waals surface area (Å²) in [7, 11) is 0. The van der Waals surface area contributed by atoms with Crippen molar-refractivity contribution in [2.75, 3.05) is 6.61 Å². The van der Waals surface area contributed by atoms with E-state index in [2.05, 4.69) is 4.99 Å². The monoisotopic (exact) mass is 365 g/mol. The maximum absolute atomic E-state index is 12.1. The van der Waals surface area contributed by atoms with Crippen LogP contribution in [-0.2, 0) is 4.74 Å². The highest BCUT2D eigenvalue weighted by molar-refractivity contribution is 7.18. The molecule has 0 radical (unpaired) electrons. The van der Waals surface area contributed by atoms with E-state index >= 15 is 0 Å². The van der Waals surface area contributed by atoms with Gasteiger partial charge in [-0.15, -0.1) is 11.3 Å². The fraction of sp³-hybridized carbons (Fsp3) is 0.267. The fourth-order valence-electron chi connectivity index (χ4n) is 2.10. The molecule has 2 rings (SSSR count). The number of H-pyrrole nitrogens is 2. The van der Waals surface area contributed by atoms with Crippen LogP contribution in [0.2, 0.25) is 0 Å². The van der Waals surface area contributed by atoms with Gasteiger partial charge in [-0.05, 0) is 26.3 Å². The summed E-state index contributed by atoms with van der Waals surface area (Å²) in [6.45, 7) is 4.75. The predicted octanol–water partition coefficient (Wildman–Crippen LogP) is 1.27. The molecule has 0 bridgehead atoms. The predicted molar refractivity (Wildman–Crippen MR) is 91.6 cm³/mol. The van der Waals surface area contributed by atoms with Crippen molar-refractivity contribution in [1.82, 2.24) is 9.97 Å². The number of hydrogen-bond donors (Lipinski definition) is 3. The maximum Gasteiger partial charge on any atom is 0.341 e. The van der Waals surface area contributed by atoms with Crippen molar-refractivity contribution in [2.24, 2.45) is 4.99 Å². The number of nitrogens with one attached hydrogen (secondary N) is 2. The number of rotatable bonds is 5. The lowest BCUT2D eigenvalue weighted by Crippen LogP contribution is -2.24. The lowest BCUT2D eigenvalue weighted by Gasteiger charge is -2.02. The number of aromatic hydroxyl groups is 1. The zero-order valence-electron chi connectivity index (χ0n) is 13.6. The molecule has 0 aromatic carbocycles. The molecule has 0 spiro atoms. The number of aromatic amines is 2. The van der Waals surface area contributed by atoms with Gasteiger partial charge >= 0.3 is 11.7 Å². The van der Waals surface area contributed by atoms with Gasteiger partial charge in [0.1, 0.15) is 10.6 Å². The number of esters is 1. The van der Waals surface area contributed by atoms with Gasteiger partial charge in [-0.25, -0.2) is 14.6 Å². The minimum absolute atomic E-state index is 0.119. The molecule has 0 saturated carbocycles. The third-order valence-electron chi connectivity index (χ3n) is 3.20. The summed E-state index contributed by atoms with van der Waals surface area (Å²) in [6, 6.07) is 0. The molecule has 2 heterocycles. The van der Waals surface area contributed by atoms with Crippen LogP contribution in [0.4, 0.5) is 5.00 Å². The highest BCUT2D eigenvalue weighted by Crippen LogP contribution is 2.36. The molecule has 25 heavy (non-hydrogen) atoms. The van der Waals surface area contributed by atoms with Crippen molar-refractivity contribution in [3.05, 3.63) is 42.4 Å². The van der Waals surface area contributed by atoms with Gasteiger partial charge in [-0.1, -0.05) is 0 Å². The van der Waals surface area contributed by atoms with E-state index in [1.165, 1.54) is 6.92 Å². The second kappa shape index (κ2) is 7.26. The molecule has 3 N–H and O–H groups in total. The van der Waals surface area contributed by atoms with Crippen molar-refractivity contribution in [2.45, 2.75) is 20.8 Å². The fourth-order valence-corrected chi connectivity index (χ4v) is 3.13. The number of ether oxygens (including phenoxy) is 1. The van der Waals surface area contributed by atoms with E-state index in [9.17, 15) is 24.3 Å². The zero-order chi connectivity index (χ0) is 18.7. The number of thiophene rings is 1. The first kappa shape index (κ1) is 18.3. The number of nitrogens with zero attached hydrogens (tertiary/aromatic N) is 1. The Morgan fingerprint density at radius 3 is 2.56 bits per heavy atom. The second-order valence-corrected chi connectivity index (χ2v) is 5.94.